The Morgan fingerprint density at radius 2 is 2.20 bits per heavy atom. The Morgan fingerprint density at radius 3 is 2.93 bits per heavy atom. The molecule has 2 heterocycles. The molecule has 0 radical (unpaired) electrons. The van der Waals surface area contributed by atoms with E-state index >= 15 is 0 Å². The first-order valence-corrected chi connectivity index (χ1v) is 6.33. The number of alkyl halides is 1. The lowest BCUT2D eigenvalue weighted by molar-refractivity contribution is 0.286. The highest BCUT2D eigenvalue weighted by Crippen LogP contribution is 2.39. The van der Waals surface area contributed by atoms with Gasteiger partial charge in [-0.15, -0.1) is 0 Å². The van der Waals surface area contributed by atoms with Crippen LogP contribution in [-0.4, -0.2) is 28.6 Å². The molecule has 1 saturated carbocycles. The van der Waals surface area contributed by atoms with E-state index in [-0.39, 0.29) is 0 Å². The first kappa shape index (κ1) is 9.51. The van der Waals surface area contributed by atoms with Gasteiger partial charge in [-0.3, -0.25) is 0 Å². The van der Waals surface area contributed by atoms with Gasteiger partial charge in [0, 0.05) is 24.0 Å². The maximum Gasteiger partial charge on any atom is 0.205 e. The van der Waals surface area contributed by atoms with Gasteiger partial charge in [0.2, 0.25) is 5.13 Å². The van der Waals surface area contributed by atoms with E-state index < -0.39 is 6.17 Å². The van der Waals surface area contributed by atoms with Crippen molar-refractivity contribution in [3.8, 4) is 0 Å². The van der Waals surface area contributed by atoms with E-state index in [2.05, 4.69) is 9.36 Å². The molecule has 1 aliphatic carbocycles. The van der Waals surface area contributed by atoms with Gasteiger partial charge in [0.1, 0.15) is 12.0 Å². The molecule has 1 aromatic rings. The van der Waals surface area contributed by atoms with Crippen LogP contribution >= 0.6 is 11.5 Å². The molecule has 82 valence electrons. The number of anilines is 1. The monoisotopic (exact) mass is 227 g/mol. The fourth-order valence-corrected chi connectivity index (χ4v) is 2.74. The third-order valence-electron chi connectivity index (χ3n) is 3.01. The van der Waals surface area contributed by atoms with E-state index in [1.807, 2.05) is 4.90 Å². The molecule has 0 spiro atoms. The van der Waals surface area contributed by atoms with Crippen LogP contribution in [0.4, 0.5) is 9.52 Å². The average molecular weight is 227 g/mol. The number of aromatic nitrogens is 2. The van der Waals surface area contributed by atoms with E-state index in [0.717, 1.165) is 23.9 Å². The highest BCUT2D eigenvalue weighted by atomic mass is 32.1. The van der Waals surface area contributed by atoms with E-state index in [1.54, 1.807) is 0 Å². The molecule has 1 unspecified atom stereocenters. The van der Waals surface area contributed by atoms with Crippen LogP contribution in [0.25, 0.3) is 0 Å². The fourth-order valence-electron chi connectivity index (χ4n) is 1.96. The van der Waals surface area contributed by atoms with Crippen LogP contribution in [0.1, 0.15) is 37.4 Å². The topological polar surface area (TPSA) is 29.0 Å². The molecule has 0 amide bonds. The summed E-state index contributed by atoms with van der Waals surface area (Å²) < 4.78 is 17.6. The first-order valence-electron chi connectivity index (χ1n) is 5.55. The predicted octanol–water partition coefficient (Wildman–Crippen LogP) is 2.35. The Labute approximate surface area is 92.5 Å². The normalized spacial score (nSPS) is 27.0. The van der Waals surface area contributed by atoms with Gasteiger partial charge in [-0.2, -0.15) is 4.37 Å². The van der Waals surface area contributed by atoms with Crippen molar-refractivity contribution < 1.29 is 4.39 Å². The second-order valence-corrected chi connectivity index (χ2v) is 5.13. The summed E-state index contributed by atoms with van der Waals surface area (Å²) in [5.41, 5.74) is 0. The average Bonchev–Trinajstić information content (AvgIpc) is 2.97. The molecule has 2 fully saturated rings. The van der Waals surface area contributed by atoms with Crippen molar-refractivity contribution >= 4 is 16.7 Å². The number of nitrogens with zero attached hydrogens (tertiary/aromatic N) is 3. The minimum absolute atomic E-state index is 0.499. The molecule has 0 N–H and O–H groups in total. The maximum atomic E-state index is 13.2. The van der Waals surface area contributed by atoms with Crippen molar-refractivity contribution in [2.45, 2.75) is 37.8 Å². The van der Waals surface area contributed by atoms with Gasteiger partial charge < -0.3 is 4.90 Å². The third kappa shape index (κ3) is 1.97. The van der Waals surface area contributed by atoms with Crippen molar-refractivity contribution in [2.75, 3.05) is 18.0 Å². The van der Waals surface area contributed by atoms with Crippen molar-refractivity contribution in [2.24, 2.45) is 0 Å². The minimum atomic E-state index is -0.688. The lowest BCUT2D eigenvalue weighted by Gasteiger charge is -2.27. The highest BCUT2D eigenvalue weighted by Gasteiger charge is 2.29. The Morgan fingerprint density at radius 1 is 1.33 bits per heavy atom. The summed E-state index contributed by atoms with van der Waals surface area (Å²) in [6.07, 6.45) is 3.39. The third-order valence-corrected chi connectivity index (χ3v) is 3.80. The summed E-state index contributed by atoms with van der Waals surface area (Å²) in [6, 6.07) is 0. The quantitative estimate of drug-likeness (QED) is 0.776. The molecule has 1 saturated heterocycles. The van der Waals surface area contributed by atoms with Crippen LogP contribution < -0.4 is 4.90 Å². The van der Waals surface area contributed by atoms with Crippen LogP contribution in [-0.2, 0) is 0 Å². The van der Waals surface area contributed by atoms with E-state index in [4.69, 9.17) is 0 Å². The van der Waals surface area contributed by atoms with Gasteiger partial charge in [0.05, 0.1) is 6.54 Å². The van der Waals surface area contributed by atoms with Gasteiger partial charge in [-0.1, -0.05) is 0 Å². The zero-order valence-electron chi connectivity index (χ0n) is 8.53. The van der Waals surface area contributed by atoms with Crippen molar-refractivity contribution in [1.82, 2.24) is 9.36 Å². The molecule has 0 aromatic carbocycles. The van der Waals surface area contributed by atoms with Gasteiger partial charge in [-0.05, 0) is 25.7 Å². The maximum absolute atomic E-state index is 13.2. The van der Waals surface area contributed by atoms with Crippen molar-refractivity contribution in [3.63, 3.8) is 0 Å². The number of rotatable bonds is 2. The largest absolute Gasteiger partial charge is 0.344 e. The molecule has 0 bridgehead atoms. The van der Waals surface area contributed by atoms with Crippen LogP contribution in [0.5, 0.6) is 0 Å². The second-order valence-electron chi connectivity index (χ2n) is 4.39. The zero-order valence-corrected chi connectivity index (χ0v) is 9.34. The minimum Gasteiger partial charge on any atom is -0.344 e. The van der Waals surface area contributed by atoms with E-state index in [0.29, 0.717) is 18.9 Å². The standard InChI is InChI=1S/C10H14FN3S/c11-8-2-1-5-14(6-8)10-12-9(13-15-10)7-3-4-7/h7-8H,1-6H2. The molecule has 2 aliphatic rings. The highest BCUT2D eigenvalue weighted by molar-refractivity contribution is 7.09. The summed E-state index contributed by atoms with van der Waals surface area (Å²) in [5.74, 6) is 1.58. The number of hydrogen-bond donors (Lipinski definition) is 0. The molecule has 1 atom stereocenters. The molecule has 1 aromatic heterocycles. The fraction of sp³-hybridized carbons (Fsp3) is 0.800. The molecular weight excluding hydrogens is 213 g/mol. The van der Waals surface area contributed by atoms with Crippen molar-refractivity contribution in [1.29, 1.82) is 0 Å². The molecule has 15 heavy (non-hydrogen) atoms. The number of halogens is 1. The van der Waals surface area contributed by atoms with E-state index in [9.17, 15) is 4.39 Å². The number of piperidine rings is 1. The smallest absolute Gasteiger partial charge is 0.205 e. The predicted molar refractivity (Wildman–Crippen MR) is 58.2 cm³/mol. The Balaban J connectivity index is 1.73. The SMILES string of the molecule is FC1CCCN(c2nc(C3CC3)ns2)C1. The zero-order chi connectivity index (χ0) is 10.3. The Bertz CT molecular complexity index is 350. The first-order chi connectivity index (χ1) is 7.33. The van der Waals surface area contributed by atoms with Crippen LogP contribution in [0, 0.1) is 0 Å². The summed E-state index contributed by atoms with van der Waals surface area (Å²) in [6.45, 7) is 1.43. The Kier molecular flexibility index (Phi) is 2.35. The molecule has 3 nitrogen and oxygen atoms in total. The summed E-state index contributed by atoms with van der Waals surface area (Å²) in [5, 5.41) is 0.916. The molecule has 1 aliphatic heterocycles. The van der Waals surface area contributed by atoms with Gasteiger partial charge in [0.15, 0.2) is 0 Å². The van der Waals surface area contributed by atoms with E-state index in [1.165, 1.54) is 24.4 Å². The van der Waals surface area contributed by atoms with Crippen LogP contribution in [0.15, 0.2) is 0 Å². The van der Waals surface area contributed by atoms with Gasteiger partial charge in [0.25, 0.3) is 0 Å². The lowest BCUT2D eigenvalue weighted by atomic mass is 10.1. The number of hydrogen-bond acceptors (Lipinski definition) is 4. The summed E-state index contributed by atoms with van der Waals surface area (Å²) >= 11 is 1.42. The van der Waals surface area contributed by atoms with Crippen LogP contribution in [0.3, 0.4) is 0 Å². The lowest BCUT2D eigenvalue weighted by Crippen LogP contribution is -2.36. The molecular formula is C10H14FN3S. The Hall–Kier alpha value is -0.710. The molecule has 3 rings (SSSR count). The van der Waals surface area contributed by atoms with Gasteiger partial charge in [-0.25, -0.2) is 9.37 Å². The van der Waals surface area contributed by atoms with Crippen LogP contribution in [0.2, 0.25) is 0 Å². The van der Waals surface area contributed by atoms with Crippen molar-refractivity contribution in [3.05, 3.63) is 5.82 Å². The molecule has 5 heteroatoms. The van der Waals surface area contributed by atoms with Gasteiger partial charge >= 0.3 is 0 Å². The summed E-state index contributed by atoms with van der Waals surface area (Å²) in [7, 11) is 0. The second kappa shape index (κ2) is 3.70. The summed E-state index contributed by atoms with van der Waals surface area (Å²) in [4.78, 5) is 6.54.